The first kappa shape index (κ1) is 15.7. The van der Waals surface area contributed by atoms with Crippen LogP contribution in [0.1, 0.15) is 26.0 Å². The SMILES string of the molecule is Cc1cc(N2CCC(N)C(C)(C)C2)c2cc([N+](=O)[O-])ccc2n1. The minimum atomic E-state index is -0.362. The lowest BCUT2D eigenvalue weighted by atomic mass is 9.79. The van der Waals surface area contributed by atoms with Crippen molar-refractivity contribution in [3.05, 3.63) is 40.1 Å². The number of nitro benzene ring substituents is 1. The molecule has 23 heavy (non-hydrogen) atoms. The zero-order chi connectivity index (χ0) is 16.8. The van der Waals surface area contributed by atoms with E-state index in [0.717, 1.165) is 41.8 Å². The van der Waals surface area contributed by atoms with Gasteiger partial charge in [0.05, 0.1) is 10.4 Å². The number of non-ortho nitro benzene ring substituents is 1. The van der Waals surface area contributed by atoms with Gasteiger partial charge in [0.25, 0.3) is 5.69 Å². The highest BCUT2D eigenvalue weighted by Gasteiger charge is 2.34. The van der Waals surface area contributed by atoms with E-state index in [9.17, 15) is 10.1 Å². The number of aromatic nitrogens is 1. The minimum Gasteiger partial charge on any atom is -0.370 e. The first-order valence-corrected chi connectivity index (χ1v) is 7.84. The molecule has 1 unspecified atom stereocenters. The molecule has 1 aromatic heterocycles. The maximum absolute atomic E-state index is 11.1. The Labute approximate surface area is 135 Å². The standard InChI is InChI=1S/C17H22N4O2/c1-11-8-15(20-7-6-16(18)17(2,3)10-20)13-9-12(21(22)23)4-5-14(13)19-11/h4-5,8-9,16H,6-7,10,18H2,1-3H3. The van der Waals surface area contributed by atoms with Crippen LogP contribution in [-0.4, -0.2) is 29.0 Å². The molecule has 6 nitrogen and oxygen atoms in total. The number of piperidine rings is 1. The van der Waals surface area contributed by atoms with Crippen LogP contribution >= 0.6 is 0 Å². The molecule has 0 bridgehead atoms. The zero-order valence-corrected chi connectivity index (χ0v) is 13.7. The Morgan fingerprint density at radius 2 is 2.13 bits per heavy atom. The predicted octanol–water partition coefficient (Wildman–Crippen LogP) is 3.02. The molecule has 0 radical (unpaired) electrons. The fourth-order valence-electron chi connectivity index (χ4n) is 3.28. The van der Waals surface area contributed by atoms with Crippen LogP contribution in [0.5, 0.6) is 0 Å². The largest absolute Gasteiger partial charge is 0.370 e. The van der Waals surface area contributed by atoms with E-state index in [1.54, 1.807) is 12.1 Å². The van der Waals surface area contributed by atoms with Crippen molar-refractivity contribution in [1.82, 2.24) is 4.98 Å². The van der Waals surface area contributed by atoms with Crippen molar-refractivity contribution < 1.29 is 4.92 Å². The number of nitrogens with zero attached hydrogens (tertiary/aromatic N) is 3. The number of benzene rings is 1. The van der Waals surface area contributed by atoms with Gasteiger partial charge in [-0.2, -0.15) is 0 Å². The summed E-state index contributed by atoms with van der Waals surface area (Å²) in [5, 5.41) is 11.9. The maximum Gasteiger partial charge on any atom is 0.270 e. The summed E-state index contributed by atoms with van der Waals surface area (Å²) >= 11 is 0. The van der Waals surface area contributed by atoms with Gasteiger partial charge in [-0.1, -0.05) is 13.8 Å². The Morgan fingerprint density at radius 3 is 2.78 bits per heavy atom. The van der Waals surface area contributed by atoms with Crippen LogP contribution in [-0.2, 0) is 0 Å². The highest BCUT2D eigenvalue weighted by atomic mass is 16.6. The Bertz CT molecular complexity index is 773. The van der Waals surface area contributed by atoms with E-state index in [2.05, 4.69) is 23.7 Å². The summed E-state index contributed by atoms with van der Waals surface area (Å²) in [7, 11) is 0. The lowest BCUT2D eigenvalue weighted by Crippen LogP contribution is -2.52. The Hall–Kier alpha value is -2.21. The minimum absolute atomic E-state index is 0.00244. The third kappa shape index (κ3) is 2.86. The number of rotatable bonds is 2. The lowest BCUT2D eigenvalue weighted by molar-refractivity contribution is -0.384. The summed E-state index contributed by atoms with van der Waals surface area (Å²) in [6.07, 6.45) is 0.908. The number of nitrogens with two attached hydrogens (primary N) is 1. The second-order valence-corrected chi connectivity index (χ2v) is 7.05. The molecule has 2 heterocycles. The van der Waals surface area contributed by atoms with E-state index in [1.807, 2.05) is 13.0 Å². The van der Waals surface area contributed by atoms with Gasteiger partial charge in [-0.15, -0.1) is 0 Å². The van der Waals surface area contributed by atoms with E-state index in [0.29, 0.717) is 0 Å². The Kier molecular flexibility index (Phi) is 3.72. The second-order valence-electron chi connectivity index (χ2n) is 7.05. The molecule has 0 spiro atoms. The lowest BCUT2D eigenvalue weighted by Gasteiger charge is -2.44. The fourth-order valence-corrected chi connectivity index (χ4v) is 3.28. The third-order valence-electron chi connectivity index (χ3n) is 4.76. The molecule has 3 rings (SSSR count). The molecular weight excluding hydrogens is 292 g/mol. The van der Waals surface area contributed by atoms with E-state index in [-0.39, 0.29) is 22.1 Å². The van der Waals surface area contributed by atoms with Crippen LogP contribution in [0, 0.1) is 22.5 Å². The summed E-state index contributed by atoms with van der Waals surface area (Å²) in [4.78, 5) is 17.5. The zero-order valence-electron chi connectivity index (χ0n) is 13.7. The maximum atomic E-state index is 11.1. The molecule has 1 saturated heterocycles. The summed E-state index contributed by atoms with van der Waals surface area (Å²) in [5.74, 6) is 0. The van der Waals surface area contributed by atoms with E-state index in [4.69, 9.17) is 5.73 Å². The summed E-state index contributed by atoms with van der Waals surface area (Å²) in [5.41, 5.74) is 9.04. The van der Waals surface area contributed by atoms with Gasteiger partial charge in [-0.25, -0.2) is 0 Å². The molecular formula is C17H22N4O2. The Morgan fingerprint density at radius 1 is 1.39 bits per heavy atom. The highest BCUT2D eigenvalue weighted by molar-refractivity contribution is 5.93. The monoisotopic (exact) mass is 314 g/mol. The summed E-state index contributed by atoms with van der Waals surface area (Å²) in [6, 6.07) is 7.04. The van der Waals surface area contributed by atoms with Crippen molar-refractivity contribution in [2.75, 3.05) is 18.0 Å². The van der Waals surface area contributed by atoms with E-state index in [1.165, 1.54) is 6.07 Å². The van der Waals surface area contributed by atoms with Crippen LogP contribution in [0.4, 0.5) is 11.4 Å². The highest BCUT2D eigenvalue weighted by Crippen LogP contribution is 2.35. The number of fused-ring (bicyclic) bond motifs is 1. The van der Waals surface area contributed by atoms with Crippen molar-refractivity contribution in [2.45, 2.75) is 33.2 Å². The predicted molar refractivity (Wildman–Crippen MR) is 91.7 cm³/mol. The molecule has 1 aliphatic rings. The number of anilines is 1. The molecule has 6 heteroatoms. The van der Waals surface area contributed by atoms with Gasteiger partial charge in [0.1, 0.15) is 0 Å². The van der Waals surface area contributed by atoms with E-state index < -0.39 is 0 Å². The van der Waals surface area contributed by atoms with Gasteiger partial charge in [0.15, 0.2) is 0 Å². The van der Waals surface area contributed by atoms with Crippen molar-refractivity contribution in [3.8, 4) is 0 Å². The van der Waals surface area contributed by atoms with Gasteiger partial charge < -0.3 is 10.6 Å². The third-order valence-corrected chi connectivity index (χ3v) is 4.76. The van der Waals surface area contributed by atoms with Crippen molar-refractivity contribution in [3.63, 3.8) is 0 Å². The van der Waals surface area contributed by atoms with Crippen molar-refractivity contribution in [2.24, 2.45) is 11.1 Å². The molecule has 1 atom stereocenters. The smallest absolute Gasteiger partial charge is 0.270 e. The topological polar surface area (TPSA) is 85.3 Å². The Balaban J connectivity index is 2.12. The first-order valence-electron chi connectivity index (χ1n) is 7.84. The van der Waals surface area contributed by atoms with Crippen LogP contribution in [0.3, 0.4) is 0 Å². The van der Waals surface area contributed by atoms with E-state index >= 15 is 0 Å². The molecule has 0 amide bonds. The van der Waals surface area contributed by atoms with Gasteiger partial charge in [0.2, 0.25) is 0 Å². The summed E-state index contributed by atoms with van der Waals surface area (Å²) < 4.78 is 0. The van der Waals surface area contributed by atoms with Crippen molar-refractivity contribution >= 4 is 22.3 Å². The van der Waals surface area contributed by atoms with Crippen molar-refractivity contribution in [1.29, 1.82) is 0 Å². The number of nitro groups is 1. The molecule has 0 aliphatic carbocycles. The molecule has 1 fully saturated rings. The van der Waals surface area contributed by atoms with Crippen LogP contribution in [0.15, 0.2) is 24.3 Å². The molecule has 1 aromatic carbocycles. The normalized spacial score (nSPS) is 20.7. The average Bonchev–Trinajstić information content (AvgIpc) is 2.48. The molecule has 0 saturated carbocycles. The number of hydrogen-bond acceptors (Lipinski definition) is 5. The van der Waals surface area contributed by atoms with Gasteiger partial charge in [-0.05, 0) is 30.9 Å². The molecule has 122 valence electrons. The summed E-state index contributed by atoms with van der Waals surface area (Å²) in [6.45, 7) is 7.97. The number of aryl methyl sites for hydroxylation is 1. The second kappa shape index (κ2) is 5.45. The average molecular weight is 314 g/mol. The van der Waals surface area contributed by atoms with Gasteiger partial charge in [0, 0.05) is 48.0 Å². The molecule has 2 aromatic rings. The number of hydrogen-bond donors (Lipinski definition) is 1. The van der Waals surface area contributed by atoms with Gasteiger partial charge in [-0.3, -0.25) is 15.1 Å². The van der Waals surface area contributed by atoms with Crippen LogP contribution < -0.4 is 10.6 Å². The van der Waals surface area contributed by atoms with Crippen LogP contribution in [0.25, 0.3) is 10.9 Å². The quantitative estimate of drug-likeness (QED) is 0.680. The van der Waals surface area contributed by atoms with Gasteiger partial charge >= 0.3 is 0 Å². The molecule has 2 N–H and O–H groups in total. The fraction of sp³-hybridized carbons (Fsp3) is 0.471. The molecule has 1 aliphatic heterocycles. The van der Waals surface area contributed by atoms with Crippen LogP contribution in [0.2, 0.25) is 0 Å². The first-order chi connectivity index (χ1) is 10.8. The number of pyridine rings is 1.